The molecule has 1 atom stereocenters. The van der Waals surface area contributed by atoms with Crippen molar-refractivity contribution in [1.29, 1.82) is 0 Å². The maximum atomic E-state index is 13.6. The monoisotopic (exact) mass is 487 g/mol. The van der Waals surface area contributed by atoms with Crippen molar-refractivity contribution in [3.63, 3.8) is 0 Å². The molecule has 0 radical (unpaired) electrons. The van der Waals surface area contributed by atoms with Gasteiger partial charge in [0.1, 0.15) is 5.69 Å². The van der Waals surface area contributed by atoms with Crippen LogP contribution in [0.1, 0.15) is 46.1 Å². The molecule has 0 saturated carbocycles. The van der Waals surface area contributed by atoms with Gasteiger partial charge in [-0.3, -0.25) is 4.79 Å². The Labute approximate surface area is 206 Å². The van der Waals surface area contributed by atoms with Crippen LogP contribution in [0.3, 0.4) is 0 Å². The molecule has 3 aromatic carbocycles. The largest absolute Gasteiger partial charge is 0.344 e. The highest BCUT2D eigenvalue weighted by Crippen LogP contribution is 2.31. The second-order valence-electron chi connectivity index (χ2n) is 9.23. The summed E-state index contributed by atoms with van der Waals surface area (Å²) in [5.41, 5.74) is 4.86. The number of amides is 1. The molecule has 1 aromatic heterocycles. The minimum absolute atomic E-state index is 0.0414. The van der Waals surface area contributed by atoms with E-state index in [2.05, 4.69) is 17.4 Å². The first-order valence-corrected chi connectivity index (χ1v) is 13.3. The SMILES string of the molecule is CN(C)S(=O)(=O)c1ccc2c(c1)cc(C(=O)NC1CCCc3ccccc31)n2Cc1ccccc1. The van der Waals surface area contributed by atoms with Gasteiger partial charge in [0.25, 0.3) is 5.91 Å². The van der Waals surface area contributed by atoms with Crippen LogP contribution in [-0.2, 0) is 23.0 Å². The van der Waals surface area contributed by atoms with Gasteiger partial charge in [-0.05, 0) is 60.2 Å². The van der Waals surface area contributed by atoms with Gasteiger partial charge in [-0.25, -0.2) is 12.7 Å². The van der Waals surface area contributed by atoms with Crippen molar-refractivity contribution in [2.45, 2.75) is 36.7 Å². The highest BCUT2D eigenvalue weighted by atomic mass is 32.2. The van der Waals surface area contributed by atoms with Crippen LogP contribution in [0.5, 0.6) is 0 Å². The number of benzene rings is 3. The fraction of sp³-hybridized carbons (Fsp3) is 0.250. The minimum Gasteiger partial charge on any atom is -0.344 e. The lowest BCUT2D eigenvalue weighted by atomic mass is 9.87. The zero-order valence-electron chi connectivity index (χ0n) is 19.9. The van der Waals surface area contributed by atoms with E-state index < -0.39 is 10.0 Å². The second-order valence-corrected chi connectivity index (χ2v) is 11.4. The van der Waals surface area contributed by atoms with Gasteiger partial charge < -0.3 is 9.88 Å². The van der Waals surface area contributed by atoms with Crippen molar-refractivity contribution in [3.05, 3.63) is 101 Å². The number of fused-ring (bicyclic) bond motifs is 2. The molecule has 5 rings (SSSR count). The summed E-state index contributed by atoms with van der Waals surface area (Å²) >= 11 is 0. The normalized spacial score (nSPS) is 15.8. The fourth-order valence-electron chi connectivity index (χ4n) is 4.88. The molecule has 0 saturated heterocycles. The first-order chi connectivity index (χ1) is 16.8. The van der Waals surface area contributed by atoms with Gasteiger partial charge in [0.15, 0.2) is 0 Å². The highest BCUT2D eigenvalue weighted by molar-refractivity contribution is 7.89. The van der Waals surface area contributed by atoms with E-state index in [1.165, 1.54) is 29.5 Å². The number of nitrogens with one attached hydrogen (secondary N) is 1. The van der Waals surface area contributed by atoms with Crippen LogP contribution >= 0.6 is 0 Å². The van der Waals surface area contributed by atoms with E-state index in [1.807, 2.05) is 47.0 Å². The summed E-state index contributed by atoms with van der Waals surface area (Å²) in [5, 5.41) is 3.98. The van der Waals surface area contributed by atoms with Crippen LogP contribution in [0.4, 0.5) is 0 Å². The van der Waals surface area contributed by atoms with E-state index in [4.69, 9.17) is 0 Å². The molecule has 0 bridgehead atoms. The zero-order chi connectivity index (χ0) is 24.6. The Kier molecular flexibility index (Phi) is 6.21. The number of nitrogens with zero attached hydrogens (tertiary/aromatic N) is 2. The molecule has 180 valence electrons. The molecule has 1 heterocycles. The second kappa shape index (κ2) is 9.32. The summed E-state index contributed by atoms with van der Waals surface area (Å²) in [4.78, 5) is 13.8. The summed E-state index contributed by atoms with van der Waals surface area (Å²) < 4.78 is 28.6. The number of hydrogen-bond acceptors (Lipinski definition) is 3. The third-order valence-corrected chi connectivity index (χ3v) is 8.55. The number of hydrogen-bond donors (Lipinski definition) is 1. The molecule has 7 heteroatoms. The van der Waals surface area contributed by atoms with Crippen molar-refractivity contribution >= 4 is 26.8 Å². The lowest BCUT2D eigenvalue weighted by Crippen LogP contribution is -2.32. The van der Waals surface area contributed by atoms with Crippen molar-refractivity contribution in [1.82, 2.24) is 14.2 Å². The van der Waals surface area contributed by atoms with Gasteiger partial charge in [-0.15, -0.1) is 0 Å². The third kappa shape index (κ3) is 4.49. The summed E-state index contributed by atoms with van der Waals surface area (Å²) in [6, 6.07) is 25.1. The third-order valence-electron chi connectivity index (χ3n) is 6.74. The Morgan fingerprint density at radius 1 is 1.00 bits per heavy atom. The minimum atomic E-state index is -3.58. The van der Waals surface area contributed by atoms with Crippen molar-refractivity contribution in [2.24, 2.45) is 0 Å². The Balaban J connectivity index is 1.56. The van der Waals surface area contributed by atoms with Crippen LogP contribution in [0.2, 0.25) is 0 Å². The number of rotatable bonds is 6. The molecule has 0 spiro atoms. The summed E-state index contributed by atoms with van der Waals surface area (Å²) in [6.45, 7) is 0.508. The topological polar surface area (TPSA) is 71.4 Å². The fourth-order valence-corrected chi connectivity index (χ4v) is 5.82. The molecule has 4 aromatic rings. The number of aromatic nitrogens is 1. The average molecular weight is 488 g/mol. The molecule has 35 heavy (non-hydrogen) atoms. The van der Waals surface area contributed by atoms with Gasteiger partial charge >= 0.3 is 0 Å². The first-order valence-electron chi connectivity index (χ1n) is 11.8. The average Bonchev–Trinajstić information content (AvgIpc) is 3.22. The Morgan fingerprint density at radius 3 is 2.51 bits per heavy atom. The predicted molar refractivity (Wildman–Crippen MR) is 138 cm³/mol. The van der Waals surface area contributed by atoms with E-state index in [0.717, 1.165) is 35.7 Å². The summed E-state index contributed by atoms with van der Waals surface area (Å²) in [7, 11) is -0.554. The van der Waals surface area contributed by atoms with Gasteiger partial charge in [-0.2, -0.15) is 0 Å². The van der Waals surface area contributed by atoms with Gasteiger partial charge in [0.05, 0.1) is 10.9 Å². The molecular formula is C28H29N3O3S. The van der Waals surface area contributed by atoms with Crippen LogP contribution in [0, 0.1) is 0 Å². The van der Waals surface area contributed by atoms with Crippen LogP contribution in [0.15, 0.2) is 83.8 Å². The van der Waals surface area contributed by atoms with E-state index in [-0.39, 0.29) is 16.8 Å². The molecule has 1 aliphatic rings. The highest BCUT2D eigenvalue weighted by Gasteiger charge is 2.25. The number of aryl methyl sites for hydroxylation is 1. The maximum absolute atomic E-state index is 13.6. The van der Waals surface area contributed by atoms with Gasteiger partial charge in [-0.1, -0.05) is 54.6 Å². The van der Waals surface area contributed by atoms with E-state index in [1.54, 1.807) is 24.3 Å². The van der Waals surface area contributed by atoms with Crippen LogP contribution in [0.25, 0.3) is 10.9 Å². The summed E-state index contributed by atoms with van der Waals surface area (Å²) in [6.07, 6.45) is 2.95. The molecule has 0 fully saturated rings. The Hall–Kier alpha value is -3.42. The lowest BCUT2D eigenvalue weighted by Gasteiger charge is -2.26. The maximum Gasteiger partial charge on any atom is 0.268 e. The van der Waals surface area contributed by atoms with E-state index in [9.17, 15) is 13.2 Å². The Bertz CT molecular complexity index is 1490. The van der Waals surface area contributed by atoms with Crippen LogP contribution in [-0.4, -0.2) is 37.3 Å². The van der Waals surface area contributed by atoms with Crippen LogP contribution < -0.4 is 5.32 Å². The number of carbonyl (C=O) groups excluding carboxylic acids is 1. The molecular weight excluding hydrogens is 458 g/mol. The van der Waals surface area contributed by atoms with Crippen molar-refractivity contribution in [3.8, 4) is 0 Å². The molecule has 1 unspecified atom stereocenters. The first kappa shape index (κ1) is 23.3. The molecule has 0 aliphatic heterocycles. The van der Waals surface area contributed by atoms with Crippen molar-refractivity contribution in [2.75, 3.05) is 14.1 Å². The number of carbonyl (C=O) groups is 1. The molecule has 1 amide bonds. The molecule has 6 nitrogen and oxygen atoms in total. The zero-order valence-corrected chi connectivity index (χ0v) is 20.8. The van der Waals surface area contributed by atoms with E-state index >= 15 is 0 Å². The smallest absolute Gasteiger partial charge is 0.268 e. The number of sulfonamides is 1. The molecule has 1 aliphatic carbocycles. The van der Waals surface area contributed by atoms with Crippen molar-refractivity contribution < 1.29 is 13.2 Å². The summed E-state index contributed by atoms with van der Waals surface area (Å²) in [5.74, 6) is -0.157. The molecule has 1 N–H and O–H groups in total. The Morgan fingerprint density at radius 2 is 1.74 bits per heavy atom. The predicted octanol–water partition coefficient (Wildman–Crippen LogP) is 4.75. The lowest BCUT2D eigenvalue weighted by molar-refractivity contribution is 0.0924. The standard InChI is InChI=1S/C28H29N3O3S/c1-30(2)35(33,34)23-15-16-26-22(17-23)18-27(31(26)19-20-9-4-3-5-10-20)28(32)29-25-14-8-12-21-11-6-7-13-24(21)25/h3-7,9-11,13,15-18,25H,8,12,14,19H2,1-2H3,(H,29,32). The van der Waals surface area contributed by atoms with E-state index in [0.29, 0.717) is 12.2 Å². The quantitative estimate of drug-likeness (QED) is 0.427. The van der Waals surface area contributed by atoms with Gasteiger partial charge in [0.2, 0.25) is 10.0 Å². The van der Waals surface area contributed by atoms with Gasteiger partial charge in [0, 0.05) is 31.5 Å².